The number of nitrogens with zero attached hydrogens (tertiary/aromatic N) is 3. The molecule has 0 amide bonds. The van der Waals surface area contributed by atoms with Gasteiger partial charge in [-0.3, -0.25) is 10.1 Å². The van der Waals surface area contributed by atoms with Crippen LogP contribution in [0.5, 0.6) is 0 Å². The standard InChI is InChI=1S/C11H13Br2N3O2/c1-14-2-4-15(5-3-14)11-9(12)6-8(16(17)18)7-10(11)13/h6-7H,2-5H2,1H3. The molecular weight excluding hydrogens is 366 g/mol. The zero-order valence-electron chi connectivity index (χ0n) is 9.90. The summed E-state index contributed by atoms with van der Waals surface area (Å²) in [7, 11) is 2.09. The van der Waals surface area contributed by atoms with Crippen LogP contribution >= 0.6 is 31.9 Å². The van der Waals surface area contributed by atoms with E-state index in [9.17, 15) is 10.1 Å². The first-order valence-corrected chi connectivity index (χ1v) is 7.14. The highest BCUT2D eigenvalue weighted by atomic mass is 79.9. The Labute approximate surface area is 122 Å². The number of benzene rings is 1. The molecule has 0 N–H and O–H groups in total. The van der Waals surface area contributed by atoms with Crippen molar-refractivity contribution in [2.75, 3.05) is 38.1 Å². The van der Waals surface area contributed by atoms with Gasteiger partial charge in [0, 0.05) is 47.3 Å². The number of nitro groups is 1. The first-order valence-electron chi connectivity index (χ1n) is 5.56. The predicted molar refractivity (Wildman–Crippen MR) is 78.2 cm³/mol. The van der Waals surface area contributed by atoms with Crippen LogP contribution in [-0.4, -0.2) is 43.0 Å². The van der Waals surface area contributed by atoms with Crippen LogP contribution in [0.1, 0.15) is 0 Å². The highest BCUT2D eigenvalue weighted by Crippen LogP contribution is 2.38. The van der Waals surface area contributed by atoms with Crippen molar-refractivity contribution in [3.05, 3.63) is 31.2 Å². The van der Waals surface area contributed by atoms with Gasteiger partial charge in [0.2, 0.25) is 0 Å². The van der Waals surface area contributed by atoms with Gasteiger partial charge >= 0.3 is 0 Å². The van der Waals surface area contributed by atoms with Crippen LogP contribution in [0, 0.1) is 10.1 Å². The van der Waals surface area contributed by atoms with Gasteiger partial charge in [-0.2, -0.15) is 0 Å². The molecule has 18 heavy (non-hydrogen) atoms. The number of rotatable bonds is 2. The molecule has 7 heteroatoms. The molecule has 1 heterocycles. The van der Waals surface area contributed by atoms with Crippen molar-refractivity contribution in [1.82, 2.24) is 4.90 Å². The summed E-state index contributed by atoms with van der Waals surface area (Å²) in [6, 6.07) is 3.11. The van der Waals surface area contributed by atoms with E-state index in [4.69, 9.17) is 0 Å². The fourth-order valence-corrected chi connectivity index (χ4v) is 3.65. The quantitative estimate of drug-likeness (QED) is 0.586. The normalized spacial score (nSPS) is 16.9. The van der Waals surface area contributed by atoms with Gasteiger partial charge < -0.3 is 9.80 Å². The van der Waals surface area contributed by atoms with E-state index in [-0.39, 0.29) is 10.6 Å². The molecule has 1 aromatic carbocycles. The van der Waals surface area contributed by atoms with Crippen LogP contribution in [-0.2, 0) is 0 Å². The van der Waals surface area contributed by atoms with Gasteiger partial charge in [0.1, 0.15) is 0 Å². The Kier molecular flexibility index (Phi) is 4.24. The molecule has 0 spiro atoms. The van der Waals surface area contributed by atoms with E-state index >= 15 is 0 Å². The van der Waals surface area contributed by atoms with Crippen LogP contribution in [0.25, 0.3) is 0 Å². The van der Waals surface area contributed by atoms with E-state index in [2.05, 4.69) is 48.7 Å². The number of hydrogen-bond donors (Lipinski definition) is 0. The second-order valence-corrected chi connectivity index (χ2v) is 6.01. The van der Waals surface area contributed by atoms with Gasteiger partial charge in [-0.15, -0.1) is 0 Å². The maximum Gasteiger partial charge on any atom is 0.271 e. The molecular formula is C11H13Br2N3O2. The van der Waals surface area contributed by atoms with E-state index in [1.165, 1.54) is 0 Å². The SMILES string of the molecule is CN1CCN(c2c(Br)cc([N+](=O)[O-])cc2Br)CC1. The lowest BCUT2D eigenvalue weighted by molar-refractivity contribution is -0.385. The summed E-state index contributed by atoms with van der Waals surface area (Å²) in [5.41, 5.74) is 1.08. The molecule has 1 aliphatic heterocycles. The summed E-state index contributed by atoms with van der Waals surface area (Å²) in [5, 5.41) is 10.8. The van der Waals surface area contributed by atoms with Gasteiger partial charge in [-0.25, -0.2) is 0 Å². The van der Waals surface area contributed by atoms with Crippen LogP contribution in [0.4, 0.5) is 11.4 Å². The van der Waals surface area contributed by atoms with Gasteiger partial charge in [0.25, 0.3) is 5.69 Å². The van der Waals surface area contributed by atoms with Gasteiger partial charge in [-0.05, 0) is 38.9 Å². The molecule has 2 rings (SSSR count). The van der Waals surface area contributed by atoms with Crippen LogP contribution < -0.4 is 4.90 Å². The van der Waals surface area contributed by atoms with Crippen LogP contribution in [0.15, 0.2) is 21.1 Å². The van der Waals surface area contributed by atoms with Crippen molar-refractivity contribution in [3.8, 4) is 0 Å². The summed E-state index contributed by atoms with van der Waals surface area (Å²) in [6.45, 7) is 3.84. The molecule has 0 radical (unpaired) electrons. The largest absolute Gasteiger partial charge is 0.367 e. The molecule has 1 fully saturated rings. The molecule has 1 aliphatic rings. The smallest absolute Gasteiger partial charge is 0.271 e. The van der Waals surface area contributed by atoms with E-state index in [1.807, 2.05) is 0 Å². The molecule has 98 valence electrons. The van der Waals surface area contributed by atoms with Crippen LogP contribution in [0.3, 0.4) is 0 Å². The Morgan fingerprint density at radius 3 is 2.11 bits per heavy atom. The predicted octanol–water partition coefficient (Wildman–Crippen LogP) is 2.87. The minimum Gasteiger partial charge on any atom is -0.367 e. The maximum atomic E-state index is 10.8. The zero-order chi connectivity index (χ0) is 13.3. The number of nitro benzene ring substituents is 1. The van der Waals surface area contributed by atoms with Crippen molar-refractivity contribution in [2.45, 2.75) is 0 Å². The summed E-state index contributed by atoms with van der Waals surface area (Å²) in [6.07, 6.45) is 0. The average Bonchev–Trinajstić information content (AvgIpc) is 2.30. The first-order chi connectivity index (χ1) is 8.49. The maximum absolute atomic E-state index is 10.8. The van der Waals surface area contributed by atoms with Crippen molar-refractivity contribution in [2.24, 2.45) is 0 Å². The van der Waals surface area contributed by atoms with Gasteiger partial charge in [0.05, 0.1) is 10.6 Å². The van der Waals surface area contributed by atoms with Crippen molar-refractivity contribution in [1.29, 1.82) is 0 Å². The second-order valence-electron chi connectivity index (χ2n) is 4.31. The lowest BCUT2D eigenvalue weighted by Crippen LogP contribution is -2.44. The first kappa shape index (κ1) is 13.8. The Balaban J connectivity index is 2.31. The topological polar surface area (TPSA) is 49.6 Å². The lowest BCUT2D eigenvalue weighted by Gasteiger charge is -2.35. The third-order valence-corrected chi connectivity index (χ3v) is 4.24. The molecule has 0 aromatic heterocycles. The molecule has 0 bridgehead atoms. The van der Waals surface area contributed by atoms with E-state index in [0.717, 1.165) is 40.8 Å². The van der Waals surface area contributed by atoms with E-state index in [0.29, 0.717) is 0 Å². The van der Waals surface area contributed by atoms with Crippen LogP contribution in [0.2, 0.25) is 0 Å². The number of non-ortho nitro benzene ring substituents is 1. The fourth-order valence-electron chi connectivity index (χ4n) is 1.99. The summed E-state index contributed by atoms with van der Waals surface area (Å²) >= 11 is 6.85. The molecule has 1 saturated heterocycles. The van der Waals surface area contributed by atoms with Crippen molar-refractivity contribution >= 4 is 43.2 Å². The average molecular weight is 379 g/mol. The number of anilines is 1. The third-order valence-electron chi connectivity index (χ3n) is 3.03. The lowest BCUT2D eigenvalue weighted by atomic mass is 10.2. The van der Waals surface area contributed by atoms with Gasteiger partial charge in [-0.1, -0.05) is 0 Å². The third kappa shape index (κ3) is 2.84. The molecule has 0 atom stereocenters. The molecule has 0 saturated carbocycles. The molecule has 1 aromatic rings. The van der Waals surface area contributed by atoms with Gasteiger partial charge in [0.15, 0.2) is 0 Å². The Bertz CT molecular complexity index is 450. The molecule has 5 nitrogen and oxygen atoms in total. The van der Waals surface area contributed by atoms with E-state index in [1.54, 1.807) is 12.1 Å². The highest BCUT2D eigenvalue weighted by Gasteiger charge is 2.21. The fraction of sp³-hybridized carbons (Fsp3) is 0.455. The highest BCUT2D eigenvalue weighted by molar-refractivity contribution is 9.11. The number of likely N-dealkylation sites (N-methyl/N-ethyl adjacent to an activating group) is 1. The Hall–Kier alpha value is -0.660. The van der Waals surface area contributed by atoms with Crippen molar-refractivity contribution in [3.63, 3.8) is 0 Å². The number of halogens is 2. The second kappa shape index (κ2) is 5.54. The Morgan fingerprint density at radius 2 is 1.67 bits per heavy atom. The minimum atomic E-state index is -0.386. The monoisotopic (exact) mass is 377 g/mol. The zero-order valence-corrected chi connectivity index (χ0v) is 13.1. The minimum absolute atomic E-state index is 0.0895. The molecule has 0 unspecified atom stereocenters. The Morgan fingerprint density at radius 1 is 1.17 bits per heavy atom. The van der Waals surface area contributed by atoms with Crippen molar-refractivity contribution < 1.29 is 4.92 Å². The molecule has 0 aliphatic carbocycles. The number of hydrogen-bond acceptors (Lipinski definition) is 4. The summed E-state index contributed by atoms with van der Waals surface area (Å²) < 4.78 is 1.52. The number of piperazine rings is 1. The van der Waals surface area contributed by atoms with E-state index < -0.39 is 0 Å². The summed E-state index contributed by atoms with van der Waals surface area (Å²) in [5.74, 6) is 0. The summed E-state index contributed by atoms with van der Waals surface area (Å²) in [4.78, 5) is 14.9.